The maximum atomic E-state index is 11.7. The zero-order chi connectivity index (χ0) is 14.3. The van der Waals surface area contributed by atoms with Crippen LogP contribution in [0.1, 0.15) is 51.7 Å². The highest BCUT2D eigenvalue weighted by molar-refractivity contribution is 5.05. The van der Waals surface area contributed by atoms with E-state index >= 15 is 0 Å². The van der Waals surface area contributed by atoms with Crippen LogP contribution in [0.5, 0.6) is 0 Å². The zero-order valence-electron chi connectivity index (χ0n) is 12.3. The number of rotatable bonds is 8. The van der Waals surface area contributed by atoms with Crippen LogP contribution < -0.4 is 10.9 Å². The van der Waals surface area contributed by atoms with Gasteiger partial charge in [-0.1, -0.05) is 20.8 Å². The summed E-state index contributed by atoms with van der Waals surface area (Å²) in [7, 11) is 0. The molecule has 2 N–H and O–H groups in total. The third-order valence-corrected chi connectivity index (χ3v) is 2.77. The van der Waals surface area contributed by atoms with Crippen molar-refractivity contribution in [2.45, 2.75) is 46.8 Å². The van der Waals surface area contributed by atoms with E-state index in [1.807, 2.05) is 6.92 Å². The van der Waals surface area contributed by atoms with Crippen LogP contribution in [0.2, 0.25) is 0 Å². The first kappa shape index (κ1) is 15.9. The predicted molar refractivity (Wildman–Crippen MR) is 76.1 cm³/mol. The molecule has 1 aromatic heterocycles. The summed E-state index contributed by atoms with van der Waals surface area (Å²) in [6, 6.07) is 1.54. The minimum Gasteiger partial charge on any atom is -0.370 e. The highest BCUT2D eigenvalue weighted by Gasteiger charge is 2.19. The lowest BCUT2D eigenvalue weighted by Crippen LogP contribution is -2.23. The van der Waals surface area contributed by atoms with Gasteiger partial charge in [-0.2, -0.15) is 0 Å². The number of hydrogen-bond acceptors (Lipinski definition) is 4. The Labute approximate surface area is 114 Å². The number of hydrogen-bond donors (Lipinski definition) is 2. The van der Waals surface area contributed by atoms with E-state index in [2.05, 4.69) is 36.1 Å². The molecule has 1 rings (SSSR count). The molecular formula is C14H25N3O2. The average Bonchev–Trinajstić information content (AvgIpc) is 2.35. The van der Waals surface area contributed by atoms with Gasteiger partial charge in [0, 0.05) is 19.2 Å². The fourth-order valence-electron chi connectivity index (χ4n) is 1.91. The van der Waals surface area contributed by atoms with Crippen LogP contribution in [0.4, 0.5) is 0 Å². The number of aromatic nitrogens is 2. The lowest BCUT2D eigenvalue weighted by Gasteiger charge is -2.20. The normalized spacial score (nSPS) is 12.9. The monoisotopic (exact) mass is 267 g/mol. The van der Waals surface area contributed by atoms with Gasteiger partial charge in [-0.05, 0) is 25.8 Å². The lowest BCUT2D eigenvalue weighted by atomic mass is 10.1. The van der Waals surface area contributed by atoms with Gasteiger partial charge in [0.1, 0.15) is 11.9 Å². The Kier molecular flexibility index (Phi) is 6.73. The molecule has 108 valence electrons. The quantitative estimate of drug-likeness (QED) is 0.707. The summed E-state index contributed by atoms with van der Waals surface area (Å²) in [5.41, 5.74) is 0.640. The van der Waals surface area contributed by atoms with Gasteiger partial charge in [0.25, 0.3) is 5.56 Å². The molecule has 1 heterocycles. The topological polar surface area (TPSA) is 67.0 Å². The Morgan fingerprint density at radius 2 is 2.16 bits per heavy atom. The zero-order valence-corrected chi connectivity index (χ0v) is 12.3. The van der Waals surface area contributed by atoms with E-state index in [4.69, 9.17) is 4.74 Å². The lowest BCUT2D eigenvalue weighted by molar-refractivity contribution is 0.0228. The van der Waals surface area contributed by atoms with Crippen LogP contribution in [0, 0.1) is 5.92 Å². The molecule has 0 aliphatic carbocycles. The molecule has 19 heavy (non-hydrogen) atoms. The molecule has 5 nitrogen and oxygen atoms in total. The molecule has 0 spiro atoms. The fraction of sp³-hybridized carbons (Fsp3) is 0.714. The van der Waals surface area contributed by atoms with E-state index in [1.165, 1.54) is 6.07 Å². The van der Waals surface area contributed by atoms with Crippen molar-refractivity contribution in [3.63, 3.8) is 0 Å². The smallest absolute Gasteiger partial charge is 0.251 e. The molecule has 0 saturated heterocycles. The SMILES string of the molecule is CCCNCc1cc(=O)[nH]c(C(OCC)C(C)C)n1. The van der Waals surface area contributed by atoms with Gasteiger partial charge in [-0.15, -0.1) is 0 Å². The number of nitrogens with zero attached hydrogens (tertiary/aromatic N) is 1. The van der Waals surface area contributed by atoms with Gasteiger partial charge in [0.05, 0.1) is 5.69 Å². The van der Waals surface area contributed by atoms with Crippen LogP contribution in [-0.4, -0.2) is 23.1 Å². The van der Waals surface area contributed by atoms with Crippen LogP contribution in [0.25, 0.3) is 0 Å². The molecule has 0 bridgehead atoms. The van der Waals surface area contributed by atoms with Gasteiger partial charge in [-0.25, -0.2) is 4.98 Å². The molecule has 0 aliphatic rings. The molecule has 0 saturated carbocycles. The number of aromatic amines is 1. The van der Waals surface area contributed by atoms with E-state index < -0.39 is 0 Å². The first-order chi connectivity index (χ1) is 9.08. The van der Waals surface area contributed by atoms with Gasteiger partial charge >= 0.3 is 0 Å². The first-order valence-electron chi connectivity index (χ1n) is 7.00. The van der Waals surface area contributed by atoms with Crippen molar-refractivity contribution in [2.75, 3.05) is 13.2 Å². The van der Waals surface area contributed by atoms with E-state index in [-0.39, 0.29) is 17.6 Å². The van der Waals surface area contributed by atoms with E-state index in [0.29, 0.717) is 19.0 Å². The molecule has 0 amide bonds. The van der Waals surface area contributed by atoms with Crippen LogP contribution in [-0.2, 0) is 11.3 Å². The van der Waals surface area contributed by atoms with Crippen LogP contribution in [0.15, 0.2) is 10.9 Å². The molecular weight excluding hydrogens is 242 g/mol. The fourth-order valence-corrected chi connectivity index (χ4v) is 1.91. The highest BCUT2D eigenvalue weighted by atomic mass is 16.5. The molecule has 1 aromatic rings. The van der Waals surface area contributed by atoms with Crippen LogP contribution in [0.3, 0.4) is 0 Å². The third kappa shape index (κ3) is 5.12. The van der Waals surface area contributed by atoms with E-state index in [0.717, 1.165) is 18.7 Å². The van der Waals surface area contributed by atoms with Crippen molar-refractivity contribution in [3.8, 4) is 0 Å². The second kappa shape index (κ2) is 8.07. The summed E-state index contributed by atoms with van der Waals surface area (Å²) in [6.45, 7) is 10.3. The van der Waals surface area contributed by atoms with Crippen molar-refractivity contribution < 1.29 is 4.74 Å². The van der Waals surface area contributed by atoms with Gasteiger partial charge < -0.3 is 15.0 Å². The second-order valence-corrected chi connectivity index (χ2v) is 4.92. The molecule has 0 aromatic carbocycles. The second-order valence-electron chi connectivity index (χ2n) is 4.92. The van der Waals surface area contributed by atoms with E-state index in [1.54, 1.807) is 0 Å². The third-order valence-electron chi connectivity index (χ3n) is 2.77. The summed E-state index contributed by atoms with van der Waals surface area (Å²) in [5.74, 6) is 0.889. The predicted octanol–water partition coefficient (Wildman–Crippen LogP) is 2.00. The summed E-state index contributed by atoms with van der Waals surface area (Å²) >= 11 is 0. The Hall–Kier alpha value is -1.20. The molecule has 0 aliphatic heterocycles. The minimum absolute atomic E-state index is 0.122. The van der Waals surface area contributed by atoms with Gasteiger partial charge in [0.2, 0.25) is 0 Å². The summed E-state index contributed by atoms with van der Waals surface area (Å²) in [6.07, 6.45) is 0.896. The van der Waals surface area contributed by atoms with Gasteiger partial charge in [-0.3, -0.25) is 4.79 Å². The first-order valence-corrected chi connectivity index (χ1v) is 7.00. The number of H-pyrrole nitrogens is 1. The van der Waals surface area contributed by atoms with Crippen molar-refractivity contribution in [1.82, 2.24) is 15.3 Å². The number of ether oxygens (including phenoxy) is 1. The standard InChI is InChI=1S/C14H25N3O2/c1-5-7-15-9-11-8-12(18)17-14(16-11)13(10(3)4)19-6-2/h8,10,13,15H,5-7,9H2,1-4H3,(H,16,17,18). The minimum atomic E-state index is -0.163. The highest BCUT2D eigenvalue weighted by Crippen LogP contribution is 2.21. The molecule has 0 fully saturated rings. The maximum absolute atomic E-state index is 11.7. The van der Waals surface area contributed by atoms with Crippen molar-refractivity contribution in [2.24, 2.45) is 5.92 Å². The molecule has 0 radical (unpaired) electrons. The van der Waals surface area contributed by atoms with Gasteiger partial charge in [0.15, 0.2) is 0 Å². The van der Waals surface area contributed by atoms with Crippen molar-refractivity contribution in [1.29, 1.82) is 0 Å². The molecule has 1 atom stereocenters. The van der Waals surface area contributed by atoms with E-state index in [9.17, 15) is 4.79 Å². The number of nitrogens with one attached hydrogen (secondary N) is 2. The van der Waals surface area contributed by atoms with Crippen LogP contribution >= 0.6 is 0 Å². The molecule has 5 heteroatoms. The summed E-state index contributed by atoms with van der Waals surface area (Å²) in [4.78, 5) is 19.0. The Bertz CT molecular complexity index is 429. The maximum Gasteiger partial charge on any atom is 0.251 e. The average molecular weight is 267 g/mol. The van der Waals surface area contributed by atoms with Crippen molar-refractivity contribution >= 4 is 0 Å². The Balaban J connectivity index is 2.90. The Morgan fingerprint density at radius 1 is 1.42 bits per heavy atom. The molecule has 1 unspecified atom stereocenters. The van der Waals surface area contributed by atoms with Crippen molar-refractivity contribution in [3.05, 3.63) is 27.9 Å². The summed E-state index contributed by atoms with van der Waals surface area (Å²) < 4.78 is 5.67. The Morgan fingerprint density at radius 3 is 2.74 bits per heavy atom. The largest absolute Gasteiger partial charge is 0.370 e. The summed E-state index contributed by atoms with van der Waals surface area (Å²) in [5, 5.41) is 3.25.